The summed E-state index contributed by atoms with van der Waals surface area (Å²) in [5.41, 5.74) is 4.93. The van der Waals surface area contributed by atoms with E-state index in [0.29, 0.717) is 23.4 Å². The van der Waals surface area contributed by atoms with Crippen LogP contribution in [-0.2, 0) is 6.54 Å². The van der Waals surface area contributed by atoms with Crippen molar-refractivity contribution < 1.29 is 8.91 Å². The molecule has 0 aliphatic carbocycles. The Bertz CT molecular complexity index is 1310. The van der Waals surface area contributed by atoms with Crippen molar-refractivity contribution in [3.05, 3.63) is 100 Å². The predicted molar refractivity (Wildman–Crippen MR) is 132 cm³/mol. The summed E-state index contributed by atoms with van der Waals surface area (Å²) in [6, 6.07) is 18.3. The summed E-state index contributed by atoms with van der Waals surface area (Å²) in [6.45, 7) is 4.67. The molecule has 0 fully saturated rings. The molecule has 5 rings (SSSR count). The van der Waals surface area contributed by atoms with Crippen LogP contribution >= 0.6 is 23.6 Å². The third kappa shape index (κ3) is 4.31. The standard InChI is InChI=1S/C25H21FN4OS2/c1-15-5-7-17(8-6-15)14-30-16(2)21(24-28-23(29-31-24)20-4-3-13-33-20)22(27-25(30)32)18-9-11-19(26)12-10-18/h3-13,22H,14H2,1-2H3,(H,27,32). The van der Waals surface area contributed by atoms with E-state index in [4.69, 9.17) is 16.7 Å². The number of nitrogens with one attached hydrogen (secondary N) is 1. The first-order valence-electron chi connectivity index (χ1n) is 10.5. The van der Waals surface area contributed by atoms with Crippen molar-refractivity contribution in [2.75, 3.05) is 0 Å². The molecule has 1 aliphatic rings. The van der Waals surface area contributed by atoms with Crippen molar-refractivity contribution in [1.82, 2.24) is 20.4 Å². The van der Waals surface area contributed by atoms with Crippen LogP contribution in [0.1, 0.15) is 35.5 Å². The maximum atomic E-state index is 13.6. The molecule has 0 spiro atoms. The fraction of sp³-hybridized carbons (Fsp3) is 0.160. The van der Waals surface area contributed by atoms with Gasteiger partial charge in [0, 0.05) is 12.2 Å². The van der Waals surface area contributed by atoms with Crippen LogP contribution in [0, 0.1) is 12.7 Å². The Morgan fingerprint density at radius 3 is 2.55 bits per heavy atom. The largest absolute Gasteiger partial charge is 0.351 e. The number of rotatable bonds is 5. The maximum Gasteiger partial charge on any atom is 0.258 e. The normalized spacial score (nSPS) is 16.3. The van der Waals surface area contributed by atoms with Gasteiger partial charge in [-0.3, -0.25) is 0 Å². The third-order valence-electron chi connectivity index (χ3n) is 5.66. The molecule has 3 heterocycles. The van der Waals surface area contributed by atoms with Gasteiger partial charge < -0.3 is 14.7 Å². The number of allylic oxidation sites excluding steroid dienone is 1. The van der Waals surface area contributed by atoms with Crippen molar-refractivity contribution in [1.29, 1.82) is 0 Å². The molecule has 0 amide bonds. The maximum absolute atomic E-state index is 13.6. The number of aromatic nitrogens is 2. The molecule has 2 aromatic carbocycles. The molecule has 0 bridgehead atoms. The Balaban J connectivity index is 1.59. The van der Waals surface area contributed by atoms with E-state index in [1.807, 2.05) is 29.3 Å². The van der Waals surface area contributed by atoms with E-state index in [2.05, 4.69) is 46.6 Å². The summed E-state index contributed by atoms with van der Waals surface area (Å²) in [4.78, 5) is 7.65. The van der Waals surface area contributed by atoms with Crippen molar-refractivity contribution in [3.63, 3.8) is 0 Å². The predicted octanol–water partition coefficient (Wildman–Crippen LogP) is 6.11. The summed E-state index contributed by atoms with van der Waals surface area (Å²) >= 11 is 7.30. The Morgan fingerprint density at radius 2 is 1.85 bits per heavy atom. The average Bonchev–Trinajstić information content (AvgIpc) is 3.50. The van der Waals surface area contributed by atoms with Crippen molar-refractivity contribution in [2.24, 2.45) is 0 Å². The fourth-order valence-electron chi connectivity index (χ4n) is 3.87. The van der Waals surface area contributed by atoms with E-state index < -0.39 is 0 Å². The van der Waals surface area contributed by atoms with Crippen LogP contribution in [0.4, 0.5) is 4.39 Å². The minimum Gasteiger partial charge on any atom is -0.351 e. The summed E-state index contributed by atoms with van der Waals surface area (Å²) in [7, 11) is 0. The first kappa shape index (κ1) is 21.5. The lowest BCUT2D eigenvalue weighted by atomic mass is 9.94. The number of halogens is 1. The van der Waals surface area contributed by atoms with E-state index in [0.717, 1.165) is 27.3 Å². The lowest BCUT2D eigenvalue weighted by Gasteiger charge is -2.37. The first-order valence-corrected chi connectivity index (χ1v) is 11.8. The zero-order valence-corrected chi connectivity index (χ0v) is 19.7. The zero-order chi connectivity index (χ0) is 22.9. The Kier molecular flexibility index (Phi) is 5.78. The van der Waals surface area contributed by atoms with Gasteiger partial charge in [0.1, 0.15) is 5.82 Å². The van der Waals surface area contributed by atoms with Crippen LogP contribution in [-0.4, -0.2) is 20.2 Å². The lowest BCUT2D eigenvalue weighted by Crippen LogP contribution is -2.45. The van der Waals surface area contributed by atoms with Gasteiger partial charge >= 0.3 is 0 Å². The highest BCUT2D eigenvalue weighted by Crippen LogP contribution is 2.38. The molecule has 0 saturated heterocycles. The smallest absolute Gasteiger partial charge is 0.258 e. The minimum atomic E-state index is -0.344. The number of thiocarbonyl (C=S) groups is 1. The summed E-state index contributed by atoms with van der Waals surface area (Å²) in [5, 5.41) is 10.2. The molecular weight excluding hydrogens is 455 g/mol. The highest BCUT2D eigenvalue weighted by molar-refractivity contribution is 7.80. The van der Waals surface area contributed by atoms with Crippen LogP contribution in [0.2, 0.25) is 0 Å². The number of thiophene rings is 1. The molecule has 5 nitrogen and oxygen atoms in total. The zero-order valence-electron chi connectivity index (χ0n) is 18.1. The van der Waals surface area contributed by atoms with E-state index in [9.17, 15) is 4.39 Å². The Labute approximate surface area is 200 Å². The number of benzene rings is 2. The topological polar surface area (TPSA) is 54.2 Å². The van der Waals surface area contributed by atoms with Gasteiger partial charge in [0.05, 0.1) is 16.5 Å². The van der Waals surface area contributed by atoms with Gasteiger partial charge in [-0.15, -0.1) is 11.3 Å². The second kappa shape index (κ2) is 8.88. The Morgan fingerprint density at radius 1 is 1.09 bits per heavy atom. The number of aryl methyl sites for hydroxylation is 1. The van der Waals surface area contributed by atoms with E-state index in [-0.39, 0.29) is 11.9 Å². The first-order chi connectivity index (χ1) is 16.0. The molecule has 8 heteroatoms. The summed E-state index contributed by atoms with van der Waals surface area (Å²) in [6.07, 6.45) is 0. The third-order valence-corrected chi connectivity index (χ3v) is 6.86. The van der Waals surface area contributed by atoms with Crippen molar-refractivity contribution in [3.8, 4) is 10.7 Å². The molecular formula is C25H21FN4OS2. The highest BCUT2D eigenvalue weighted by Gasteiger charge is 2.34. The molecule has 2 aromatic heterocycles. The number of nitrogens with zero attached hydrogens (tertiary/aromatic N) is 3. The highest BCUT2D eigenvalue weighted by atomic mass is 32.1. The molecule has 0 saturated carbocycles. The summed E-state index contributed by atoms with van der Waals surface area (Å²) < 4.78 is 19.3. The van der Waals surface area contributed by atoms with Gasteiger partial charge in [-0.2, -0.15) is 4.98 Å². The molecule has 1 unspecified atom stereocenters. The van der Waals surface area contributed by atoms with Crippen LogP contribution < -0.4 is 5.32 Å². The van der Waals surface area contributed by atoms with Gasteiger partial charge in [-0.25, -0.2) is 4.39 Å². The second-order valence-electron chi connectivity index (χ2n) is 7.91. The molecule has 4 aromatic rings. The van der Waals surface area contributed by atoms with Gasteiger partial charge in [-0.05, 0) is 60.8 Å². The van der Waals surface area contributed by atoms with Crippen LogP contribution in [0.3, 0.4) is 0 Å². The average molecular weight is 477 g/mol. The quantitative estimate of drug-likeness (QED) is 0.351. The SMILES string of the molecule is CC1=C(c2nc(-c3cccs3)no2)C(c2ccc(F)cc2)NC(=S)N1Cc1ccc(C)cc1. The second-order valence-corrected chi connectivity index (χ2v) is 9.24. The molecule has 0 radical (unpaired) electrons. The van der Waals surface area contributed by atoms with Crippen LogP contribution in [0.15, 0.2) is 76.3 Å². The van der Waals surface area contributed by atoms with Gasteiger partial charge in [0.25, 0.3) is 5.89 Å². The van der Waals surface area contributed by atoms with Gasteiger partial charge in [-0.1, -0.05) is 53.2 Å². The molecule has 1 aliphatic heterocycles. The lowest BCUT2D eigenvalue weighted by molar-refractivity contribution is 0.396. The molecule has 1 atom stereocenters. The Hall–Kier alpha value is -3.36. The van der Waals surface area contributed by atoms with Crippen molar-refractivity contribution in [2.45, 2.75) is 26.4 Å². The minimum absolute atomic E-state index is 0.293. The van der Waals surface area contributed by atoms with Crippen LogP contribution in [0.25, 0.3) is 16.3 Å². The monoisotopic (exact) mass is 476 g/mol. The number of hydrogen-bond donors (Lipinski definition) is 1. The molecule has 1 N–H and O–H groups in total. The van der Waals surface area contributed by atoms with E-state index in [1.54, 1.807) is 23.5 Å². The van der Waals surface area contributed by atoms with Gasteiger partial charge in [0.2, 0.25) is 5.82 Å². The fourth-order valence-corrected chi connectivity index (χ4v) is 4.84. The van der Waals surface area contributed by atoms with E-state index in [1.165, 1.54) is 17.7 Å². The van der Waals surface area contributed by atoms with E-state index >= 15 is 0 Å². The van der Waals surface area contributed by atoms with Gasteiger partial charge in [0.15, 0.2) is 5.11 Å². The number of hydrogen-bond acceptors (Lipinski definition) is 5. The van der Waals surface area contributed by atoms with Crippen molar-refractivity contribution >= 4 is 34.2 Å². The molecule has 166 valence electrons. The summed E-state index contributed by atoms with van der Waals surface area (Å²) in [5.74, 6) is 0.656. The molecule has 33 heavy (non-hydrogen) atoms. The van der Waals surface area contributed by atoms with Crippen LogP contribution in [0.5, 0.6) is 0 Å².